The molecule has 2 atom stereocenters. The van der Waals surface area contributed by atoms with Gasteiger partial charge in [0, 0.05) is 18.5 Å². The number of alkyl halides is 4. The van der Waals surface area contributed by atoms with Gasteiger partial charge in [-0.25, -0.2) is 8.78 Å². The van der Waals surface area contributed by atoms with Gasteiger partial charge in [-0.1, -0.05) is 0 Å². The fraction of sp³-hybridized carbons (Fsp3) is 0.438. The number of thiophene rings is 1. The van der Waals surface area contributed by atoms with E-state index in [1.165, 1.54) is 0 Å². The van der Waals surface area contributed by atoms with E-state index in [2.05, 4.69) is 5.32 Å². The van der Waals surface area contributed by atoms with Crippen LogP contribution in [-0.2, 0) is 0 Å². The number of nitrogens with one attached hydrogen (secondary N) is 1. The molecule has 2 heterocycles. The molecule has 0 saturated carbocycles. The molecule has 10 heteroatoms. The fourth-order valence-electron chi connectivity index (χ4n) is 2.96. The average molecular weight is 407 g/mol. The quantitative estimate of drug-likeness (QED) is 0.576. The highest BCUT2D eigenvalue weighted by Gasteiger charge is 2.34. The summed E-state index contributed by atoms with van der Waals surface area (Å²) in [7, 11) is 1.79. The molecule has 1 fully saturated rings. The minimum Gasteiger partial charge on any atom is -0.378 e. The van der Waals surface area contributed by atoms with Crippen molar-refractivity contribution in [3.05, 3.63) is 22.8 Å². The second-order valence-electron chi connectivity index (χ2n) is 6.07. The van der Waals surface area contributed by atoms with Gasteiger partial charge < -0.3 is 10.2 Å². The summed E-state index contributed by atoms with van der Waals surface area (Å²) in [6, 6.07) is 3.28. The number of hydrogen-bond acceptors (Lipinski definition) is 5. The smallest absolute Gasteiger partial charge is 0.378 e. The van der Waals surface area contributed by atoms with Gasteiger partial charge in [-0.3, -0.25) is 0 Å². The number of hydrogen-bond donors (Lipinski definition) is 1. The Hall–Kier alpha value is -1.57. The van der Waals surface area contributed by atoms with Gasteiger partial charge in [0.05, 0.1) is 21.3 Å². The molecule has 2 aromatic rings. The number of thioether (sulfide) groups is 1. The summed E-state index contributed by atoms with van der Waals surface area (Å²) in [5.74, 6) is -0.741. The number of nitriles is 1. The van der Waals surface area contributed by atoms with Gasteiger partial charge in [0.25, 0.3) is 0 Å². The Morgan fingerprint density at radius 2 is 2.12 bits per heavy atom. The van der Waals surface area contributed by atoms with Crippen LogP contribution in [0.3, 0.4) is 0 Å². The summed E-state index contributed by atoms with van der Waals surface area (Å²) in [6.07, 6.45) is -0.706. The first-order chi connectivity index (χ1) is 12.2. The van der Waals surface area contributed by atoms with E-state index in [1.807, 2.05) is 4.90 Å². The first kappa shape index (κ1) is 19.2. The van der Waals surface area contributed by atoms with E-state index in [1.54, 1.807) is 13.1 Å². The van der Waals surface area contributed by atoms with Crippen LogP contribution >= 0.6 is 23.1 Å². The first-order valence-electron chi connectivity index (χ1n) is 7.69. The molecule has 1 aliphatic heterocycles. The number of benzene rings is 1. The van der Waals surface area contributed by atoms with Crippen LogP contribution < -0.4 is 5.32 Å². The molecule has 3 rings (SSSR count). The Bertz CT molecular complexity index is 858. The predicted molar refractivity (Wildman–Crippen MR) is 92.8 cm³/mol. The summed E-state index contributed by atoms with van der Waals surface area (Å²) in [6.45, 7) is 0.874. The molecular formula is C16H14F5N3S2. The van der Waals surface area contributed by atoms with Crippen molar-refractivity contribution < 1.29 is 22.0 Å². The second kappa shape index (κ2) is 7.21. The molecule has 1 saturated heterocycles. The molecule has 140 valence electrons. The molecule has 0 bridgehead atoms. The summed E-state index contributed by atoms with van der Waals surface area (Å²) >= 11 is 0.411. The number of halogens is 5. The van der Waals surface area contributed by atoms with Crippen LogP contribution in [0.5, 0.6) is 0 Å². The molecule has 1 aromatic heterocycles. The van der Waals surface area contributed by atoms with E-state index in [0.717, 1.165) is 23.5 Å². The summed E-state index contributed by atoms with van der Waals surface area (Å²) in [4.78, 5) is 1.37. The zero-order valence-electron chi connectivity index (χ0n) is 13.5. The molecular weight excluding hydrogens is 393 g/mol. The Labute approximate surface area is 154 Å². The van der Waals surface area contributed by atoms with Crippen molar-refractivity contribution in [2.45, 2.75) is 29.0 Å². The lowest BCUT2D eigenvalue weighted by atomic mass is 10.0. The average Bonchev–Trinajstić information content (AvgIpc) is 2.86. The van der Waals surface area contributed by atoms with Crippen molar-refractivity contribution in [3.8, 4) is 6.07 Å². The van der Waals surface area contributed by atoms with Crippen LogP contribution in [0.25, 0.3) is 10.1 Å². The van der Waals surface area contributed by atoms with Crippen molar-refractivity contribution >= 4 is 38.9 Å². The Morgan fingerprint density at radius 3 is 2.73 bits per heavy atom. The maximum absolute atomic E-state index is 14.3. The van der Waals surface area contributed by atoms with Gasteiger partial charge in [0.2, 0.25) is 0 Å². The Morgan fingerprint density at radius 1 is 1.38 bits per heavy atom. The number of piperidine rings is 1. The van der Waals surface area contributed by atoms with Crippen molar-refractivity contribution in [2.75, 3.05) is 25.5 Å². The molecule has 0 radical (unpaired) electrons. The summed E-state index contributed by atoms with van der Waals surface area (Å²) in [5.41, 5.74) is -4.38. The van der Waals surface area contributed by atoms with Gasteiger partial charge in [-0.05, 0) is 37.4 Å². The SMILES string of the molecule is CN1CC[C@@H](Nc2cc(F)cc3c(SC(F)(F)F)c(C#N)sc23)[C@@H](F)C1. The minimum atomic E-state index is -4.60. The third kappa shape index (κ3) is 4.05. The van der Waals surface area contributed by atoms with Crippen LogP contribution in [0.1, 0.15) is 11.3 Å². The first-order valence-corrected chi connectivity index (χ1v) is 9.32. The van der Waals surface area contributed by atoms with E-state index in [4.69, 9.17) is 5.26 Å². The molecule has 0 unspecified atom stereocenters. The standard InChI is InChI=1S/C16H14F5N3S2/c1-24-3-2-11(10(18)7-24)23-12-5-8(17)4-9-14(12)25-13(6-22)15(9)26-16(19,20)21/h4-5,10-11,23H,2-3,7H2,1H3/t10-,11+/m0/s1. The minimum absolute atomic E-state index is 0.0136. The lowest BCUT2D eigenvalue weighted by Crippen LogP contribution is -2.46. The zero-order valence-corrected chi connectivity index (χ0v) is 15.2. The highest BCUT2D eigenvalue weighted by Crippen LogP contribution is 2.47. The fourth-order valence-corrected chi connectivity index (χ4v) is 4.87. The van der Waals surface area contributed by atoms with Crippen LogP contribution in [0.2, 0.25) is 0 Å². The molecule has 0 amide bonds. The number of rotatable bonds is 3. The Kier molecular flexibility index (Phi) is 5.33. The number of nitrogens with zero attached hydrogens (tertiary/aromatic N) is 2. The predicted octanol–water partition coefficient (Wildman–Crippen LogP) is 4.98. The lowest BCUT2D eigenvalue weighted by Gasteiger charge is -2.33. The molecule has 3 nitrogen and oxygen atoms in total. The molecule has 1 aromatic carbocycles. The molecule has 0 spiro atoms. The largest absolute Gasteiger partial charge is 0.446 e. The van der Waals surface area contributed by atoms with Gasteiger partial charge in [0.15, 0.2) is 0 Å². The maximum atomic E-state index is 14.3. The molecule has 0 aliphatic carbocycles. The highest BCUT2D eigenvalue weighted by molar-refractivity contribution is 8.00. The second-order valence-corrected chi connectivity index (χ2v) is 8.16. The normalized spacial score (nSPS) is 21.7. The van der Waals surface area contributed by atoms with Gasteiger partial charge in [-0.15, -0.1) is 11.3 Å². The summed E-state index contributed by atoms with van der Waals surface area (Å²) in [5, 5.41) is 12.1. The van der Waals surface area contributed by atoms with Crippen molar-refractivity contribution in [2.24, 2.45) is 0 Å². The number of fused-ring (bicyclic) bond motifs is 1. The van der Waals surface area contributed by atoms with Crippen molar-refractivity contribution in [1.82, 2.24) is 4.90 Å². The van der Waals surface area contributed by atoms with E-state index in [9.17, 15) is 22.0 Å². The maximum Gasteiger partial charge on any atom is 0.446 e. The van der Waals surface area contributed by atoms with Gasteiger partial charge in [0.1, 0.15) is 22.9 Å². The lowest BCUT2D eigenvalue weighted by molar-refractivity contribution is -0.0327. The third-order valence-corrected chi connectivity index (χ3v) is 6.25. The van der Waals surface area contributed by atoms with E-state index in [-0.39, 0.29) is 27.4 Å². The van der Waals surface area contributed by atoms with E-state index >= 15 is 0 Å². The van der Waals surface area contributed by atoms with E-state index < -0.39 is 35.3 Å². The monoisotopic (exact) mass is 407 g/mol. The zero-order chi connectivity index (χ0) is 19.1. The molecule has 1 aliphatic rings. The van der Waals surface area contributed by atoms with Crippen LogP contribution in [0.15, 0.2) is 17.0 Å². The topological polar surface area (TPSA) is 39.1 Å². The van der Waals surface area contributed by atoms with Crippen molar-refractivity contribution in [3.63, 3.8) is 0 Å². The van der Waals surface area contributed by atoms with Crippen LogP contribution in [0, 0.1) is 17.1 Å². The van der Waals surface area contributed by atoms with E-state index in [0.29, 0.717) is 17.7 Å². The molecule has 26 heavy (non-hydrogen) atoms. The molecule has 1 N–H and O–H groups in total. The van der Waals surface area contributed by atoms with Gasteiger partial charge in [-0.2, -0.15) is 18.4 Å². The number of likely N-dealkylation sites (tertiary alicyclic amines) is 1. The van der Waals surface area contributed by atoms with Gasteiger partial charge >= 0.3 is 5.51 Å². The Balaban J connectivity index is 2.03. The third-order valence-electron chi connectivity index (χ3n) is 4.11. The van der Waals surface area contributed by atoms with Crippen LogP contribution in [-0.4, -0.2) is 42.8 Å². The highest BCUT2D eigenvalue weighted by atomic mass is 32.2. The van der Waals surface area contributed by atoms with Crippen LogP contribution in [0.4, 0.5) is 27.6 Å². The summed E-state index contributed by atoms with van der Waals surface area (Å²) < 4.78 is 67.1. The van der Waals surface area contributed by atoms with Crippen molar-refractivity contribution in [1.29, 1.82) is 5.26 Å². The number of anilines is 1.